The smallest absolute Gasteiger partial charge is 0.325 e. The van der Waals surface area contributed by atoms with Crippen LogP contribution in [0.2, 0.25) is 0 Å². The fourth-order valence-electron chi connectivity index (χ4n) is 1.31. The fraction of sp³-hybridized carbons (Fsp3) is 0.333. The first-order valence-corrected chi connectivity index (χ1v) is 4.30. The highest BCUT2D eigenvalue weighted by Gasteiger charge is 2.39. The quantitative estimate of drug-likeness (QED) is 0.820. The third-order valence-corrected chi connectivity index (χ3v) is 2.01. The number of rotatable bonds is 2. The Bertz CT molecular complexity index is 461. The fourth-order valence-corrected chi connectivity index (χ4v) is 1.31. The third kappa shape index (κ3) is 2.50. The van der Waals surface area contributed by atoms with Crippen LogP contribution in [0.15, 0.2) is 6.20 Å². The Balaban J connectivity index is 3.64. The van der Waals surface area contributed by atoms with Gasteiger partial charge < -0.3 is 5.73 Å². The van der Waals surface area contributed by atoms with Crippen LogP contribution in [0.5, 0.6) is 0 Å². The monoisotopic (exact) mass is 251 g/mol. The van der Waals surface area contributed by atoms with Crippen LogP contribution in [0.4, 0.5) is 22.0 Å². The van der Waals surface area contributed by atoms with Gasteiger partial charge in [-0.1, -0.05) is 0 Å². The Morgan fingerprint density at radius 1 is 1.41 bits per heavy atom. The molecular formula is C9H6F5N3. The lowest BCUT2D eigenvalue weighted by molar-refractivity contribution is -0.139. The van der Waals surface area contributed by atoms with Crippen molar-refractivity contribution >= 4 is 0 Å². The van der Waals surface area contributed by atoms with Crippen molar-refractivity contribution in [1.29, 1.82) is 5.26 Å². The van der Waals surface area contributed by atoms with E-state index in [0.717, 1.165) is 0 Å². The van der Waals surface area contributed by atoms with E-state index in [4.69, 9.17) is 11.0 Å². The molecule has 1 aromatic heterocycles. The molecule has 3 nitrogen and oxygen atoms in total. The molecule has 0 atom stereocenters. The zero-order chi connectivity index (χ0) is 13.2. The number of aromatic nitrogens is 1. The third-order valence-electron chi connectivity index (χ3n) is 2.01. The first-order valence-electron chi connectivity index (χ1n) is 4.30. The summed E-state index contributed by atoms with van der Waals surface area (Å²) in [5, 5.41) is 8.61. The molecule has 1 heterocycles. The number of pyridine rings is 1. The zero-order valence-corrected chi connectivity index (χ0v) is 8.22. The van der Waals surface area contributed by atoms with Gasteiger partial charge in [-0.05, 0) is 0 Å². The Hall–Kier alpha value is -1.75. The number of nitrogens with two attached hydrogens (primary N) is 1. The van der Waals surface area contributed by atoms with Crippen molar-refractivity contribution in [2.45, 2.75) is 19.1 Å². The average molecular weight is 251 g/mol. The maximum Gasteiger partial charge on any atom is 0.418 e. The second kappa shape index (κ2) is 4.63. The highest BCUT2D eigenvalue weighted by atomic mass is 19.4. The van der Waals surface area contributed by atoms with Crippen LogP contribution in [-0.2, 0) is 12.7 Å². The Morgan fingerprint density at radius 3 is 2.35 bits per heavy atom. The Labute approximate surface area is 92.7 Å². The summed E-state index contributed by atoms with van der Waals surface area (Å²) >= 11 is 0. The van der Waals surface area contributed by atoms with Crippen LogP contribution in [-0.4, -0.2) is 4.98 Å². The Kier molecular flexibility index (Phi) is 3.63. The van der Waals surface area contributed by atoms with Gasteiger partial charge in [-0.2, -0.15) is 18.4 Å². The second-order valence-electron chi connectivity index (χ2n) is 3.02. The summed E-state index contributed by atoms with van der Waals surface area (Å²) in [6, 6.07) is 1.22. The van der Waals surface area contributed by atoms with Crippen LogP contribution < -0.4 is 5.73 Å². The van der Waals surface area contributed by atoms with Gasteiger partial charge in [-0.25, -0.2) is 8.78 Å². The molecule has 17 heavy (non-hydrogen) atoms. The van der Waals surface area contributed by atoms with E-state index < -0.39 is 35.8 Å². The van der Waals surface area contributed by atoms with Crippen molar-refractivity contribution in [3.05, 3.63) is 28.6 Å². The van der Waals surface area contributed by atoms with Crippen LogP contribution in [0.1, 0.15) is 28.8 Å². The van der Waals surface area contributed by atoms with Gasteiger partial charge in [-0.15, -0.1) is 0 Å². The van der Waals surface area contributed by atoms with Crippen LogP contribution >= 0.6 is 0 Å². The molecule has 0 saturated heterocycles. The predicted molar refractivity (Wildman–Crippen MR) is 46.8 cm³/mol. The van der Waals surface area contributed by atoms with Gasteiger partial charge in [0.15, 0.2) is 0 Å². The van der Waals surface area contributed by atoms with Crippen molar-refractivity contribution < 1.29 is 22.0 Å². The van der Waals surface area contributed by atoms with Gasteiger partial charge in [0, 0.05) is 18.3 Å². The molecule has 0 spiro atoms. The molecule has 0 aliphatic heterocycles. The van der Waals surface area contributed by atoms with Gasteiger partial charge in [0.05, 0.1) is 16.8 Å². The lowest BCUT2D eigenvalue weighted by Crippen LogP contribution is -2.16. The molecule has 8 heteroatoms. The normalized spacial score (nSPS) is 11.6. The summed E-state index contributed by atoms with van der Waals surface area (Å²) in [5.74, 6) is 0. The molecule has 92 valence electrons. The lowest BCUT2D eigenvalue weighted by Gasteiger charge is -2.15. The highest BCUT2D eigenvalue weighted by molar-refractivity contribution is 5.47. The minimum atomic E-state index is -5.05. The number of nitrogens with zero attached hydrogens (tertiary/aromatic N) is 2. The van der Waals surface area contributed by atoms with Crippen molar-refractivity contribution in [3.63, 3.8) is 0 Å². The molecule has 1 rings (SSSR count). The molecule has 0 unspecified atom stereocenters. The highest BCUT2D eigenvalue weighted by Crippen LogP contribution is 2.38. The van der Waals surface area contributed by atoms with E-state index >= 15 is 0 Å². The van der Waals surface area contributed by atoms with E-state index in [9.17, 15) is 22.0 Å². The molecule has 0 aliphatic rings. The second-order valence-corrected chi connectivity index (χ2v) is 3.02. The van der Waals surface area contributed by atoms with E-state index in [1.807, 2.05) is 0 Å². The number of hydrogen-bond acceptors (Lipinski definition) is 3. The van der Waals surface area contributed by atoms with Crippen LogP contribution in [0.25, 0.3) is 0 Å². The maximum absolute atomic E-state index is 12.6. The van der Waals surface area contributed by atoms with E-state index in [0.29, 0.717) is 6.20 Å². The molecule has 0 aromatic carbocycles. The topological polar surface area (TPSA) is 62.7 Å². The van der Waals surface area contributed by atoms with Crippen LogP contribution in [0, 0.1) is 11.3 Å². The molecule has 0 amide bonds. The lowest BCUT2D eigenvalue weighted by atomic mass is 10.0. The SMILES string of the molecule is N#Cc1c(CN)ncc(C(F)F)c1C(F)(F)F. The maximum atomic E-state index is 12.6. The van der Waals surface area contributed by atoms with Crippen molar-refractivity contribution in [3.8, 4) is 6.07 Å². The Morgan fingerprint density at radius 2 is 2.00 bits per heavy atom. The van der Waals surface area contributed by atoms with E-state index in [2.05, 4.69) is 4.98 Å². The van der Waals surface area contributed by atoms with Crippen LogP contribution in [0.3, 0.4) is 0 Å². The zero-order valence-electron chi connectivity index (χ0n) is 8.22. The van der Waals surface area contributed by atoms with Crippen molar-refractivity contribution in [2.75, 3.05) is 0 Å². The first kappa shape index (κ1) is 13.3. The van der Waals surface area contributed by atoms with E-state index in [1.54, 1.807) is 0 Å². The predicted octanol–water partition coefficient (Wildman–Crippen LogP) is 2.37. The van der Waals surface area contributed by atoms with Gasteiger partial charge >= 0.3 is 6.18 Å². The van der Waals surface area contributed by atoms with Gasteiger partial charge in [0.25, 0.3) is 6.43 Å². The van der Waals surface area contributed by atoms with Crippen molar-refractivity contribution in [1.82, 2.24) is 4.98 Å². The molecular weight excluding hydrogens is 245 g/mol. The number of alkyl halides is 5. The molecule has 0 radical (unpaired) electrons. The minimum Gasteiger partial charge on any atom is -0.325 e. The molecule has 1 aromatic rings. The summed E-state index contributed by atoms with van der Waals surface area (Å²) in [7, 11) is 0. The van der Waals surface area contributed by atoms with E-state index in [1.165, 1.54) is 6.07 Å². The standard InChI is InChI=1S/C9H6F5N3/c10-8(11)5-3-17-6(2-16)4(1-15)7(5)9(12,13)14/h3,8H,2,16H2. The summed E-state index contributed by atoms with van der Waals surface area (Å²) < 4.78 is 62.7. The largest absolute Gasteiger partial charge is 0.418 e. The number of halogens is 5. The summed E-state index contributed by atoms with van der Waals surface area (Å²) in [6.07, 6.45) is -8.02. The minimum absolute atomic E-state index is 0.357. The summed E-state index contributed by atoms with van der Waals surface area (Å²) in [5.41, 5.74) is 0.817. The molecule has 0 fully saturated rings. The van der Waals surface area contributed by atoms with Gasteiger partial charge in [0.1, 0.15) is 6.07 Å². The average Bonchev–Trinajstić information content (AvgIpc) is 2.25. The van der Waals surface area contributed by atoms with Crippen molar-refractivity contribution in [2.24, 2.45) is 5.73 Å². The van der Waals surface area contributed by atoms with Gasteiger partial charge in [0.2, 0.25) is 0 Å². The summed E-state index contributed by atoms with van der Waals surface area (Å²) in [6.45, 7) is -0.435. The number of hydrogen-bond donors (Lipinski definition) is 1. The van der Waals surface area contributed by atoms with E-state index in [-0.39, 0.29) is 5.69 Å². The molecule has 2 N–H and O–H groups in total. The molecule has 0 aliphatic carbocycles. The summed E-state index contributed by atoms with van der Waals surface area (Å²) in [4.78, 5) is 3.34. The van der Waals surface area contributed by atoms with Gasteiger partial charge in [-0.3, -0.25) is 4.98 Å². The number of nitriles is 1. The first-order chi connectivity index (χ1) is 7.82. The molecule has 0 bridgehead atoms. The molecule has 0 saturated carbocycles.